The molecule has 0 radical (unpaired) electrons. The first kappa shape index (κ1) is 15.9. The number of benzene rings is 1. The van der Waals surface area contributed by atoms with E-state index in [-0.39, 0.29) is 0 Å². The number of aryl methyl sites for hydroxylation is 1. The van der Waals surface area contributed by atoms with Crippen LogP contribution in [0.25, 0.3) is 0 Å². The third-order valence-corrected chi connectivity index (χ3v) is 3.38. The zero-order valence-electron chi connectivity index (χ0n) is 13.5. The van der Waals surface area contributed by atoms with E-state index in [1.807, 2.05) is 36.4 Å². The first-order valence-corrected chi connectivity index (χ1v) is 7.92. The third-order valence-electron chi connectivity index (χ3n) is 3.38. The van der Waals surface area contributed by atoms with Gasteiger partial charge in [0.25, 0.3) is 0 Å². The minimum Gasteiger partial charge on any atom is -0.486 e. The number of aromatic nitrogens is 5. The molecular weight excluding hydrogens is 306 g/mol. The minimum atomic E-state index is 0.331. The molecule has 2 aromatic heterocycles. The molecule has 0 aliphatic rings. The number of ether oxygens (including phenoxy) is 2. The van der Waals surface area contributed by atoms with Crippen molar-refractivity contribution in [2.45, 2.75) is 32.9 Å². The van der Waals surface area contributed by atoms with Gasteiger partial charge < -0.3 is 9.47 Å². The Bertz CT molecular complexity index is 743. The maximum atomic E-state index is 5.74. The molecule has 0 aliphatic heterocycles. The molecule has 3 rings (SSSR count). The predicted molar refractivity (Wildman–Crippen MR) is 87.8 cm³/mol. The number of tetrazole rings is 1. The van der Waals surface area contributed by atoms with Crippen LogP contribution in [0.4, 0.5) is 0 Å². The monoisotopic (exact) mass is 325 g/mol. The van der Waals surface area contributed by atoms with Crippen molar-refractivity contribution < 1.29 is 9.47 Å². The third kappa shape index (κ3) is 4.28. The maximum absolute atomic E-state index is 5.74. The van der Waals surface area contributed by atoms with Gasteiger partial charge in [-0.3, -0.25) is 0 Å². The van der Waals surface area contributed by atoms with Crippen LogP contribution in [0.5, 0.6) is 17.4 Å². The van der Waals surface area contributed by atoms with E-state index in [0.29, 0.717) is 18.2 Å². The topological polar surface area (TPSA) is 75.0 Å². The highest BCUT2D eigenvalue weighted by atomic mass is 16.5. The van der Waals surface area contributed by atoms with Crippen molar-refractivity contribution in [3.8, 4) is 17.4 Å². The SMILES string of the molecule is CCCCn1nnnc1COc1ccc(Oc2ccccn2)cc1. The number of unbranched alkanes of at least 4 members (excludes halogenated alkanes) is 1. The second kappa shape index (κ2) is 8.05. The predicted octanol–water partition coefficient (Wildman–Crippen LogP) is 3.24. The van der Waals surface area contributed by atoms with Crippen LogP contribution in [0.2, 0.25) is 0 Å². The van der Waals surface area contributed by atoms with E-state index in [1.165, 1.54) is 0 Å². The summed E-state index contributed by atoms with van der Waals surface area (Å²) in [5, 5.41) is 11.7. The lowest BCUT2D eigenvalue weighted by molar-refractivity contribution is 0.285. The minimum absolute atomic E-state index is 0.331. The Balaban J connectivity index is 1.56. The Morgan fingerprint density at radius 1 is 1.04 bits per heavy atom. The molecule has 0 bridgehead atoms. The average Bonchev–Trinajstić information content (AvgIpc) is 3.07. The molecule has 0 amide bonds. The van der Waals surface area contributed by atoms with Crippen LogP contribution in [-0.2, 0) is 13.2 Å². The van der Waals surface area contributed by atoms with Gasteiger partial charge in [0.05, 0.1) is 0 Å². The summed E-state index contributed by atoms with van der Waals surface area (Å²) in [6, 6.07) is 12.9. The van der Waals surface area contributed by atoms with Gasteiger partial charge in [0.15, 0.2) is 5.82 Å². The average molecular weight is 325 g/mol. The van der Waals surface area contributed by atoms with Gasteiger partial charge in [-0.1, -0.05) is 19.4 Å². The van der Waals surface area contributed by atoms with Crippen LogP contribution in [-0.4, -0.2) is 25.2 Å². The summed E-state index contributed by atoms with van der Waals surface area (Å²) in [5.41, 5.74) is 0. The van der Waals surface area contributed by atoms with Crippen molar-refractivity contribution in [3.63, 3.8) is 0 Å². The Hall–Kier alpha value is -2.96. The first-order valence-electron chi connectivity index (χ1n) is 7.92. The second-order valence-corrected chi connectivity index (χ2v) is 5.20. The van der Waals surface area contributed by atoms with Crippen molar-refractivity contribution in [2.75, 3.05) is 0 Å². The quantitative estimate of drug-likeness (QED) is 0.633. The van der Waals surface area contributed by atoms with Crippen LogP contribution >= 0.6 is 0 Å². The smallest absolute Gasteiger partial charge is 0.219 e. The Kier molecular flexibility index (Phi) is 5.34. The molecule has 0 spiro atoms. The molecule has 0 N–H and O–H groups in total. The van der Waals surface area contributed by atoms with E-state index < -0.39 is 0 Å². The number of hydrogen-bond acceptors (Lipinski definition) is 6. The Labute approximate surface area is 140 Å². The molecule has 1 aromatic carbocycles. The molecular formula is C17H19N5O2. The molecule has 3 aromatic rings. The van der Waals surface area contributed by atoms with Crippen molar-refractivity contribution in [1.29, 1.82) is 0 Å². The highest BCUT2D eigenvalue weighted by Gasteiger charge is 2.07. The van der Waals surface area contributed by atoms with E-state index in [2.05, 4.69) is 27.4 Å². The molecule has 2 heterocycles. The lowest BCUT2D eigenvalue weighted by Crippen LogP contribution is -2.08. The van der Waals surface area contributed by atoms with E-state index in [4.69, 9.17) is 9.47 Å². The van der Waals surface area contributed by atoms with Gasteiger partial charge in [-0.2, -0.15) is 0 Å². The van der Waals surface area contributed by atoms with Crippen LogP contribution in [0.1, 0.15) is 25.6 Å². The largest absolute Gasteiger partial charge is 0.486 e. The number of rotatable bonds is 8. The zero-order valence-corrected chi connectivity index (χ0v) is 13.5. The maximum Gasteiger partial charge on any atom is 0.219 e. The normalized spacial score (nSPS) is 10.5. The molecule has 0 fully saturated rings. The highest BCUT2D eigenvalue weighted by molar-refractivity contribution is 5.33. The van der Waals surface area contributed by atoms with Crippen LogP contribution < -0.4 is 9.47 Å². The van der Waals surface area contributed by atoms with Crippen LogP contribution in [0.3, 0.4) is 0 Å². The summed E-state index contributed by atoms with van der Waals surface area (Å²) in [7, 11) is 0. The Morgan fingerprint density at radius 3 is 2.62 bits per heavy atom. The van der Waals surface area contributed by atoms with Crippen molar-refractivity contribution >= 4 is 0 Å². The van der Waals surface area contributed by atoms with Crippen molar-refractivity contribution in [2.24, 2.45) is 0 Å². The van der Waals surface area contributed by atoms with Crippen molar-refractivity contribution in [3.05, 3.63) is 54.5 Å². The lowest BCUT2D eigenvalue weighted by atomic mass is 10.3. The second-order valence-electron chi connectivity index (χ2n) is 5.20. The standard InChI is InChI=1S/C17H19N5O2/c1-2-3-12-22-16(19-20-21-22)13-23-14-7-9-15(10-8-14)24-17-6-4-5-11-18-17/h4-11H,2-3,12-13H2,1H3. The number of hydrogen-bond donors (Lipinski definition) is 0. The van der Waals surface area contributed by atoms with Gasteiger partial charge >= 0.3 is 0 Å². The lowest BCUT2D eigenvalue weighted by Gasteiger charge is -2.08. The van der Waals surface area contributed by atoms with Gasteiger partial charge in [0.2, 0.25) is 5.88 Å². The Morgan fingerprint density at radius 2 is 1.88 bits per heavy atom. The van der Waals surface area contributed by atoms with Gasteiger partial charge in [-0.15, -0.1) is 5.10 Å². The summed E-state index contributed by atoms with van der Waals surface area (Å²) in [6.45, 7) is 3.27. The van der Waals surface area contributed by atoms with E-state index in [1.54, 1.807) is 16.9 Å². The van der Waals surface area contributed by atoms with E-state index >= 15 is 0 Å². The molecule has 0 atom stereocenters. The molecule has 0 aliphatic carbocycles. The molecule has 124 valence electrons. The van der Waals surface area contributed by atoms with Crippen molar-refractivity contribution in [1.82, 2.24) is 25.2 Å². The number of pyridine rings is 1. The summed E-state index contributed by atoms with van der Waals surface area (Å²) >= 11 is 0. The molecule has 7 heteroatoms. The first-order chi connectivity index (χ1) is 11.8. The van der Waals surface area contributed by atoms with Gasteiger partial charge in [-0.25, -0.2) is 9.67 Å². The molecule has 0 saturated heterocycles. The fraction of sp³-hybridized carbons (Fsp3) is 0.294. The zero-order chi connectivity index (χ0) is 16.6. The fourth-order valence-electron chi connectivity index (χ4n) is 2.09. The summed E-state index contributed by atoms with van der Waals surface area (Å²) in [4.78, 5) is 4.12. The molecule has 0 saturated carbocycles. The fourth-order valence-corrected chi connectivity index (χ4v) is 2.09. The summed E-state index contributed by atoms with van der Waals surface area (Å²) in [5.74, 6) is 2.71. The van der Waals surface area contributed by atoms with Crippen LogP contribution in [0, 0.1) is 0 Å². The van der Waals surface area contributed by atoms with Gasteiger partial charge in [0.1, 0.15) is 18.1 Å². The van der Waals surface area contributed by atoms with Gasteiger partial charge in [-0.05, 0) is 47.2 Å². The highest BCUT2D eigenvalue weighted by Crippen LogP contribution is 2.22. The summed E-state index contributed by atoms with van der Waals surface area (Å²) in [6.07, 6.45) is 3.82. The molecule has 0 unspecified atom stereocenters. The molecule has 7 nitrogen and oxygen atoms in total. The van der Waals surface area contributed by atoms with E-state index in [0.717, 1.165) is 31.0 Å². The van der Waals surface area contributed by atoms with E-state index in [9.17, 15) is 0 Å². The van der Waals surface area contributed by atoms with Crippen LogP contribution in [0.15, 0.2) is 48.7 Å². The number of nitrogens with zero attached hydrogens (tertiary/aromatic N) is 5. The molecule has 24 heavy (non-hydrogen) atoms. The summed E-state index contributed by atoms with van der Waals surface area (Å²) < 4.78 is 13.2. The van der Waals surface area contributed by atoms with Gasteiger partial charge in [0, 0.05) is 18.8 Å².